The molecule has 0 atom stereocenters. The van der Waals surface area contributed by atoms with Crippen LogP contribution in [0.4, 0.5) is 5.69 Å². The summed E-state index contributed by atoms with van der Waals surface area (Å²) in [6.45, 7) is 2.14. The Morgan fingerprint density at radius 1 is 1.29 bits per heavy atom. The number of ether oxygens (including phenoxy) is 2. The van der Waals surface area contributed by atoms with Crippen LogP contribution in [0, 0.1) is 0 Å². The molecule has 21 heavy (non-hydrogen) atoms. The summed E-state index contributed by atoms with van der Waals surface area (Å²) in [6.07, 6.45) is 0. The average molecular weight is 308 g/mol. The number of rotatable bonds is 8. The van der Waals surface area contributed by atoms with Crippen LogP contribution in [-0.2, 0) is 11.3 Å². The molecule has 1 heterocycles. The van der Waals surface area contributed by atoms with E-state index in [2.05, 4.69) is 15.5 Å². The van der Waals surface area contributed by atoms with Gasteiger partial charge < -0.3 is 19.7 Å². The van der Waals surface area contributed by atoms with Gasteiger partial charge in [0.1, 0.15) is 10.8 Å². The molecule has 0 spiro atoms. The highest BCUT2D eigenvalue weighted by Gasteiger charge is 2.07. The third-order valence-electron chi connectivity index (χ3n) is 2.75. The highest BCUT2D eigenvalue weighted by Crippen LogP contribution is 2.27. The van der Waals surface area contributed by atoms with Gasteiger partial charge in [0.15, 0.2) is 0 Å². The summed E-state index contributed by atoms with van der Waals surface area (Å²) in [4.78, 5) is 2.03. The Bertz CT molecular complexity index is 559. The predicted molar refractivity (Wildman–Crippen MR) is 84.3 cm³/mol. The van der Waals surface area contributed by atoms with Gasteiger partial charge >= 0.3 is 0 Å². The second kappa shape index (κ2) is 7.92. The number of nitrogens with zero attached hydrogens (tertiary/aromatic N) is 3. The van der Waals surface area contributed by atoms with Crippen molar-refractivity contribution in [2.75, 3.05) is 39.3 Å². The Kier molecular flexibility index (Phi) is 5.91. The first-order valence-electron chi connectivity index (χ1n) is 6.66. The van der Waals surface area contributed by atoms with E-state index in [-0.39, 0.29) is 0 Å². The van der Waals surface area contributed by atoms with Crippen molar-refractivity contribution in [2.24, 2.45) is 0 Å². The molecular formula is C14H20N4O2S. The molecule has 0 unspecified atom stereocenters. The molecule has 0 saturated heterocycles. The van der Waals surface area contributed by atoms with Crippen molar-refractivity contribution in [3.05, 3.63) is 29.3 Å². The molecule has 114 valence electrons. The van der Waals surface area contributed by atoms with Gasteiger partial charge in [0.2, 0.25) is 0 Å². The van der Waals surface area contributed by atoms with Crippen LogP contribution in [0.25, 0.3) is 0 Å². The standard InChI is InChI=1S/C14H20N4O2S/c1-18(2)11-5-4-6-12(9-11)20-14-17-16-13(21-14)10-15-7-8-19-3/h4-6,9,15H,7-8,10H2,1-3H3. The van der Waals surface area contributed by atoms with Gasteiger partial charge in [-0.25, -0.2) is 0 Å². The lowest BCUT2D eigenvalue weighted by molar-refractivity contribution is 0.199. The van der Waals surface area contributed by atoms with Crippen LogP contribution >= 0.6 is 11.3 Å². The SMILES string of the molecule is COCCNCc1nnc(Oc2cccc(N(C)C)c2)s1. The maximum atomic E-state index is 5.74. The van der Waals surface area contributed by atoms with Gasteiger partial charge in [-0.3, -0.25) is 0 Å². The quantitative estimate of drug-likeness (QED) is 0.754. The maximum Gasteiger partial charge on any atom is 0.299 e. The predicted octanol–water partition coefficient (Wildman–Crippen LogP) is 2.13. The third-order valence-corrected chi connectivity index (χ3v) is 3.55. The summed E-state index contributed by atoms with van der Waals surface area (Å²) in [7, 11) is 5.67. The van der Waals surface area contributed by atoms with Crippen LogP contribution in [-0.4, -0.2) is 44.6 Å². The van der Waals surface area contributed by atoms with E-state index in [1.807, 2.05) is 43.3 Å². The largest absolute Gasteiger partial charge is 0.430 e. The third kappa shape index (κ3) is 4.96. The van der Waals surface area contributed by atoms with Crippen molar-refractivity contribution in [3.8, 4) is 10.9 Å². The number of nitrogens with one attached hydrogen (secondary N) is 1. The van der Waals surface area contributed by atoms with Gasteiger partial charge in [-0.2, -0.15) is 0 Å². The zero-order chi connectivity index (χ0) is 15.1. The van der Waals surface area contributed by atoms with Crippen LogP contribution < -0.4 is 15.0 Å². The first-order valence-corrected chi connectivity index (χ1v) is 7.48. The fourth-order valence-electron chi connectivity index (χ4n) is 1.65. The van der Waals surface area contributed by atoms with Crippen molar-refractivity contribution < 1.29 is 9.47 Å². The zero-order valence-corrected chi connectivity index (χ0v) is 13.3. The van der Waals surface area contributed by atoms with Gasteiger partial charge in [0.25, 0.3) is 5.19 Å². The van der Waals surface area contributed by atoms with E-state index in [1.54, 1.807) is 7.11 Å². The lowest BCUT2D eigenvalue weighted by Gasteiger charge is -2.12. The van der Waals surface area contributed by atoms with Crippen molar-refractivity contribution in [2.45, 2.75) is 6.54 Å². The Labute approximate surface area is 128 Å². The molecule has 1 aromatic heterocycles. The molecule has 0 radical (unpaired) electrons. The van der Waals surface area contributed by atoms with E-state index in [9.17, 15) is 0 Å². The molecule has 6 nitrogen and oxygen atoms in total. The zero-order valence-electron chi connectivity index (χ0n) is 12.5. The van der Waals surface area contributed by atoms with Crippen molar-refractivity contribution in [1.29, 1.82) is 0 Å². The number of hydrogen-bond donors (Lipinski definition) is 1. The maximum absolute atomic E-state index is 5.74. The number of hydrogen-bond acceptors (Lipinski definition) is 7. The molecule has 0 aliphatic carbocycles. The Hall–Kier alpha value is -1.70. The fraction of sp³-hybridized carbons (Fsp3) is 0.429. The summed E-state index contributed by atoms with van der Waals surface area (Å²) in [6, 6.07) is 7.86. The number of methoxy groups -OCH3 is 1. The van der Waals surface area contributed by atoms with Crippen LogP contribution in [0.3, 0.4) is 0 Å². The molecule has 0 saturated carbocycles. The molecule has 7 heteroatoms. The van der Waals surface area contributed by atoms with Gasteiger partial charge in [-0.1, -0.05) is 22.5 Å². The molecular weight excluding hydrogens is 288 g/mol. The van der Waals surface area contributed by atoms with Gasteiger partial charge in [0.05, 0.1) is 6.61 Å². The number of benzene rings is 1. The summed E-state index contributed by atoms with van der Waals surface area (Å²) in [5.74, 6) is 0.760. The van der Waals surface area contributed by atoms with E-state index in [0.29, 0.717) is 18.3 Å². The molecule has 2 rings (SSSR count). The Balaban J connectivity index is 1.91. The van der Waals surface area contributed by atoms with Gasteiger partial charge in [0, 0.05) is 46.0 Å². The molecule has 1 N–H and O–H groups in total. The molecule has 0 fully saturated rings. The van der Waals surface area contributed by atoms with E-state index in [1.165, 1.54) is 11.3 Å². The van der Waals surface area contributed by atoms with E-state index < -0.39 is 0 Å². The Morgan fingerprint density at radius 2 is 2.14 bits per heavy atom. The minimum absolute atomic E-state index is 0.550. The van der Waals surface area contributed by atoms with Gasteiger partial charge in [-0.05, 0) is 12.1 Å². The minimum Gasteiger partial charge on any atom is -0.430 e. The first kappa shape index (κ1) is 15.7. The van der Waals surface area contributed by atoms with Crippen LogP contribution in [0.5, 0.6) is 10.9 Å². The van der Waals surface area contributed by atoms with Crippen LogP contribution in [0.15, 0.2) is 24.3 Å². The van der Waals surface area contributed by atoms with Gasteiger partial charge in [-0.15, -0.1) is 5.10 Å². The van der Waals surface area contributed by atoms with Crippen molar-refractivity contribution >= 4 is 17.0 Å². The summed E-state index contributed by atoms with van der Waals surface area (Å²) in [5.41, 5.74) is 1.08. The number of aromatic nitrogens is 2. The second-order valence-corrected chi connectivity index (χ2v) is 5.65. The lowest BCUT2D eigenvalue weighted by atomic mass is 10.3. The molecule has 0 aliphatic rings. The Morgan fingerprint density at radius 3 is 2.90 bits per heavy atom. The molecule has 0 bridgehead atoms. The molecule has 1 aromatic carbocycles. The highest BCUT2D eigenvalue weighted by atomic mass is 32.1. The fourth-order valence-corrected chi connectivity index (χ4v) is 2.32. The normalized spacial score (nSPS) is 10.6. The van der Waals surface area contributed by atoms with E-state index in [0.717, 1.165) is 23.0 Å². The van der Waals surface area contributed by atoms with Crippen LogP contribution in [0.2, 0.25) is 0 Å². The second-order valence-electron chi connectivity index (χ2n) is 4.63. The van der Waals surface area contributed by atoms with E-state index in [4.69, 9.17) is 9.47 Å². The first-order chi connectivity index (χ1) is 10.2. The molecule has 2 aromatic rings. The van der Waals surface area contributed by atoms with Crippen molar-refractivity contribution in [3.63, 3.8) is 0 Å². The highest BCUT2D eigenvalue weighted by molar-refractivity contribution is 7.13. The van der Waals surface area contributed by atoms with Crippen LogP contribution in [0.1, 0.15) is 5.01 Å². The summed E-state index contributed by atoms with van der Waals surface area (Å²) >= 11 is 1.44. The van der Waals surface area contributed by atoms with E-state index >= 15 is 0 Å². The summed E-state index contributed by atoms with van der Waals surface area (Å²) in [5, 5.41) is 12.8. The topological polar surface area (TPSA) is 59.5 Å². The monoisotopic (exact) mass is 308 g/mol. The average Bonchev–Trinajstić information content (AvgIpc) is 2.91. The molecule has 0 amide bonds. The minimum atomic E-state index is 0.550. The smallest absolute Gasteiger partial charge is 0.299 e. The number of anilines is 1. The van der Waals surface area contributed by atoms with Crippen molar-refractivity contribution in [1.82, 2.24) is 15.5 Å². The lowest BCUT2D eigenvalue weighted by Crippen LogP contribution is -2.18. The molecule has 0 aliphatic heterocycles. The summed E-state index contributed by atoms with van der Waals surface area (Å²) < 4.78 is 10.7.